The van der Waals surface area contributed by atoms with Gasteiger partial charge in [-0.3, -0.25) is 25.2 Å². The number of rotatable bonds is 9. The number of nitrogens with one attached hydrogen (secondary N) is 3. The fourth-order valence-electron chi connectivity index (χ4n) is 2.74. The molecule has 2 amide bonds. The van der Waals surface area contributed by atoms with Crippen LogP contribution in [0.5, 0.6) is 5.75 Å². The first kappa shape index (κ1) is 23.3. The van der Waals surface area contributed by atoms with Gasteiger partial charge in [-0.05, 0) is 73.3 Å². The van der Waals surface area contributed by atoms with Gasteiger partial charge in [0.25, 0.3) is 15.9 Å². The monoisotopic (exact) mass is 473 g/mol. The lowest BCUT2D eigenvalue weighted by Gasteiger charge is -2.10. The third-order valence-corrected chi connectivity index (χ3v) is 6.67. The van der Waals surface area contributed by atoms with E-state index in [2.05, 4.69) is 15.6 Å². The first-order valence-electron chi connectivity index (χ1n) is 9.84. The van der Waals surface area contributed by atoms with E-state index in [0.717, 1.165) is 4.88 Å². The number of thiophene rings is 1. The zero-order chi connectivity index (χ0) is 23.0. The van der Waals surface area contributed by atoms with Gasteiger partial charge in [0.15, 0.2) is 0 Å². The van der Waals surface area contributed by atoms with Gasteiger partial charge in [0.05, 0.1) is 11.5 Å². The lowest BCUT2D eigenvalue weighted by atomic mass is 10.2. The molecule has 0 fully saturated rings. The Bertz CT molecular complexity index is 1140. The van der Waals surface area contributed by atoms with Crippen molar-refractivity contribution in [2.75, 3.05) is 11.3 Å². The third-order valence-electron chi connectivity index (χ3n) is 4.34. The first-order valence-corrected chi connectivity index (χ1v) is 12.2. The van der Waals surface area contributed by atoms with Crippen LogP contribution in [-0.4, -0.2) is 26.8 Å². The number of sulfonamides is 1. The summed E-state index contributed by atoms with van der Waals surface area (Å²) in [7, 11) is -3.79. The second-order valence-electron chi connectivity index (χ2n) is 6.67. The van der Waals surface area contributed by atoms with Gasteiger partial charge in [-0.15, -0.1) is 11.3 Å². The molecule has 0 aliphatic carbocycles. The Morgan fingerprint density at radius 3 is 2.31 bits per heavy atom. The summed E-state index contributed by atoms with van der Waals surface area (Å²) in [5.74, 6) is -0.220. The molecule has 0 spiro atoms. The minimum absolute atomic E-state index is 0.0908. The fraction of sp³-hybridized carbons (Fsp3) is 0.182. The lowest BCUT2D eigenvalue weighted by Crippen LogP contribution is -2.41. The third kappa shape index (κ3) is 6.56. The second-order valence-corrected chi connectivity index (χ2v) is 9.38. The predicted octanol–water partition coefficient (Wildman–Crippen LogP) is 3.34. The molecule has 10 heteroatoms. The zero-order valence-corrected chi connectivity index (χ0v) is 19.0. The van der Waals surface area contributed by atoms with E-state index < -0.39 is 15.9 Å². The number of anilines is 1. The molecule has 0 radical (unpaired) electrons. The molecule has 3 N–H and O–H groups in total. The molecule has 0 unspecified atom stereocenters. The van der Waals surface area contributed by atoms with Crippen molar-refractivity contribution < 1.29 is 22.7 Å². The van der Waals surface area contributed by atoms with E-state index in [9.17, 15) is 18.0 Å². The summed E-state index contributed by atoms with van der Waals surface area (Å²) in [5, 5.41) is 1.94. The van der Waals surface area contributed by atoms with Crippen molar-refractivity contribution in [1.29, 1.82) is 0 Å². The van der Waals surface area contributed by atoms with Crippen molar-refractivity contribution in [2.24, 2.45) is 0 Å². The van der Waals surface area contributed by atoms with Crippen molar-refractivity contribution in [1.82, 2.24) is 10.9 Å². The standard InChI is InChI=1S/C22H23N3O5S2/c1-2-30-18-9-12-20(13-10-18)32(28,29)25-17-7-5-16(6-8-17)22(27)24-23-21(26)14-11-19-4-3-15-31-19/h3-10,12-13,15,25H,2,11,14H2,1H3,(H,23,26)(H,24,27). The Kier molecular flexibility index (Phi) is 7.85. The van der Waals surface area contributed by atoms with Crippen molar-refractivity contribution in [3.63, 3.8) is 0 Å². The summed E-state index contributed by atoms with van der Waals surface area (Å²) >= 11 is 1.57. The fourth-order valence-corrected chi connectivity index (χ4v) is 4.51. The summed E-state index contributed by atoms with van der Waals surface area (Å²) in [4.78, 5) is 25.3. The number of aryl methyl sites for hydroxylation is 1. The Morgan fingerprint density at radius 2 is 1.69 bits per heavy atom. The maximum Gasteiger partial charge on any atom is 0.269 e. The van der Waals surface area contributed by atoms with Crippen molar-refractivity contribution in [2.45, 2.75) is 24.7 Å². The quantitative estimate of drug-likeness (QED) is 0.413. The highest BCUT2D eigenvalue weighted by Gasteiger charge is 2.15. The van der Waals surface area contributed by atoms with Crippen molar-refractivity contribution >= 4 is 38.9 Å². The Balaban J connectivity index is 1.52. The molecular weight excluding hydrogens is 450 g/mol. The van der Waals surface area contributed by atoms with Gasteiger partial charge in [-0.25, -0.2) is 8.42 Å². The molecule has 0 atom stereocenters. The van der Waals surface area contributed by atoms with Crippen LogP contribution in [0.15, 0.2) is 70.9 Å². The number of hydrogen-bond donors (Lipinski definition) is 3. The highest BCUT2D eigenvalue weighted by molar-refractivity contribution is 7.92. The molecule has 1 aromatic heterocycles. The molecule has 8 nitrogen and oxygen atoms in total. The normalized spacial score (nSPS) is 10.9. The second kappa shape index (κ2) is 10.8. The lowest BCUT2D eigenvalue weighted by molar-refractivity contribution is -0.121. The minimum atomic E-state index is -3.79. The highest BCUT2D eigenvalue weighted by atomic mass is 32.2. The number of hydrogen-bond acceptors (Lipinski definition) is 6. The van der Waals surface area contributed by atoms with Crippen LogP contribution in [0.1, 0.15) is 28.6 Å². The maximum absolute atomic E-state index is 12.5. The summed E-state index contributed by atoms with van der Waals surface area (Å²) < 4.78 is 32.8. The Labute approximate surface area is 190 Å². The van der Waals surface area contributed by atoms with E-state index in [-0.39, 0.29) is 22.8 Å². The van der Waals surface area contributed by atoms with E-state index >= 15 is 0 Å². The number of hydrazine groups is 1. The molecule has 0 saturated heterocycles. The summed E-state index contributed by atoms with van der Waals surface area (Å²) in [6.45, 7) is 2.33. The SMILES string of the molecule is CCOc1ccc(S(=O)(=O)Nc2ccc(C(=O)NNC(=O)CCc3cccs3)cc2)cc1. The van der Waals surface area contributed by atoms with E-state index in [4.69, 9.17) is 4.74 Å². The Hall–Kier alpha value is -3.37. The van der Waals surface area contributed by atoms with Crippen LogP contribution in [0, 0.1) is 0 Å². The highest BCUT2D eigenvalue weighted by Crippen LogP contribution is 2.20. The summed E-state index contributed by atoms with van der Waals surface area (Å²) in [6.07, 6.45) is 0.857. The number of carbonyl (C=O) groups excluding carboxylic acids is 2. The van der Waals surface area contributed by atoms with Gasteiger partial charge in [-0.1, -0.05) is 6.07 Å². The molecule has 0 aliphatic rings. The van der Waals surface area contributed by atoms with Crippen molar-refractivity contribution in [3.8, 4) is 5.75 Å². The van der Waals surface area contributed by atoms with Crippen LogP contribution in [-0.2, 0) is 21.2 Å². The number of carbonyl (C=O) groups is 2. The summed E-state index contributed by atoms with van der Waals surface area (Å²) in [6, 6.07) is 15.8. The number of benzene rings is 2. The minimum Gasteiger partial charge on any atom is -0.494 e. The zero-order valence-electron chi connectivity index (χ0n) is 17.3. The van der Waals surface area contributed by atoms with Crippen LogP contribution in [0.2, 0.25) is 0 Å². The number of ether oxygens (including phenoxy) is 1. The molecule has 0 aliphatic heterocycles. The van der Waals surface area contributed by atoms with E-state index in [1.807, 2.05) is 24.4 Å². The van der Waals surface area contributed by atoms with E-state index in [1.54, 1.807) is 23.5 Å². The topological polar surface area (TPSA) is 114 Å². The van der Waals surface area contributed by atoms with Gasteiger partial charge in [0.2, 0.25) is 5.91 Å². The van der Waals surface area contributed by atoms with Crippen molar-refractivity contribution in [3.05, 3.63) is 76.5 Å². The maximum atomic E-state index is 12.5. The molecular formula is C22H23N3O5S2. The molecule has 3 aromatic rings. The van der Waals surface area contributed by atoms with Crippen LogP contribution in [0.4, 0.5) is 5.69 Å². The van der Waals surface area contributed by atoms with Gasteiger partial charge >= 0.3 is 0 Å². The largest absolute Gasteiger partial charge is 0.494 e. The van der Waals surface area contributed by atoms with Gasteiger partial charge < -0.3 is 4.74 Å². The molecule has 0 saturated carbocycles. The van der Waals surface area contributed by atoms with Gasteiger partial charge in [-0.2, -0.15) is 0 Å². The molecule has 0 bridgehead atoms. The summed E-state index contributed by atoms with van der Waals surface area (Å²) in [5.41, 5.74) is 5.30. The predicted molar refractivity (Wildman–Crippen MR) is 123 cm³/mol. The average Bonchev–Trinajstić information content (AvgIpc) is 3.31. The molecule has 2 aromatic carbocycles. The average molecular weight is 474 g/mol. The van der Waals surface area contributed by atoms with Crippen LogP contribution in [0.3, 0.4) is 0 Å². The molecule has 32 heavy (non-hydrogen) atoms. The van der Waals surface area contributed by atoms with E-state index in [0.29, 0.717) is 24.5 Å². The first-order chi connectivity index (χ1) is 15.4. The van der Waals surface area contributed by atoms with E-state index in [1.165, 1.54) is 36.4 Å². The molecule has 1 heterocycles. The molecule has 3 rings (SSSR count). The smallest absolute Gasteiger partial charge is 0.269 e. The molecule has 168 valence electrons. The van der Waals surface area contributed by atoms with Crippen LogP contribution < -0.4 is 20.3 Å². The van der Waals surface area contributed by atoms with Gasteiger partial charge in [0.1, 0.15) is 5.75 Å². The van der Waals surface area contributed by atoms with Crippen LogP contribution >= 0.6 is 11.3 Å². The Morgan fingerprint density at radius 1 is 0.969 bits per heavy atom. The van der Waals surface area contributed by atoms with Gasteiger partial charge in [0, 0.05) is 22.5 Å². The number of amides is 2. The van der Waals surface area contributed by atoms with Crippen LogP contribution in [0.25, 0.3) is 0 Å².